The molecule has 5 heteroatoms. The molecule has 1 aromatic rings. The number of nitrogens with two attached hydrogens (primary N) is 1. The quantitative estimate of drug-likeness (QED) is 0.331. The van der Waals surface area contributed by atoms with E-state index in [2.05, 4.69) is 22.6 Å². The van der Waals surface area contributed by atoms with Crippen LogP contribution in [0.5, 0.6) is 0 Å². The molecule has 1 aromatic carbocycles. The average Bonchev–Trinajstić information content (AvgIpc) is 3.10. The first kappa shape index (κ1) is 13.4. The number of ether oxygens (including phenoxy) is 1. The number of hydrogen-bond acceptors (Lipinski definition) is 4. The summed E-state index contributed by atoms with van der Waals surface area (Å²) in [5.74, 6) is 0.246. The standard InChI is InChI=1S/C15H21N3O2/c16-15(18-19)9-12(10-4-2-1-3-5-10)17-13-8-11-6-7-14(13)20-11/h1-5,11-14,17,19H,6-9H2,(H2,16,18). The Morgan fingerprint density at radius 3 is 2.80 bits per heavy atom. The lowest BCUT2D eigenvalue weighted by atomic mass is 9.93. The van der Waals surface area contributed by atoms with Crippen molar-refractivity contribution in [3.63, 3.8) is 0 Å². The molecule has 2 fully saturated rings. The van der Waals surface area contributed by atoms with Crippen LogP contribution in [0.3, 0.4) is 0 Å². The van der Waals surface area contributed by atoms with Crippen molar-refractivity contribution in [1.82, 2.24) is 5.32 Å². The lowest BCUT2D eigenvalue weighted by Gasteiger charge is -2.27. The first-order valence-electron chi connectivity index (χ1n) is 7.19. The van der Waals surface area contributed by atoms with Gasteiger partial charge in [-0.25, -0.2) is 0 Å². The molecule has 0 aromatic heterocycles. The fraction of sp³-hybridized carbons (Fsp3) is 0.533. The van der Waals surface area contributed by atoms with Crippen LogP contribution < -0.4 is 11.1 Å². The van der Waals surface area contributed by atoms with Crippen LogP contribution in [-0.2, 0) is 4.74 Å². The van der Waals surface area contributed by atoms with Gasteiger partial charge in [0.25, 0.3) is 0 Å². The van der Waals surface area contributed by atoms with E-state index in [9.17, 15) is 0 Å². The van der Waals surface area contributed by atoms with Crippen LogP contribution in [0.15, 0.2) is 35.5 Å². The maximum Gasteiger partial charge on any atom is 0.141 e. The third-order valence-corrected chi connectivity index (χ3v) is 4.26. The molecule has 108 valence electrons. The molecule has 0 radical (unpaired) electrons. The molecular formula is C15H21N3O2. The van der Waals surface area contributed by atoms with Gasteiger partial charge < -0.3 is 21.0 Å². The van der Waals surface area contributed by atoms with Crippen LogP contribution in [-0.4, -0.2) is 29.3 Å². The molecule has 0 amide bonds. The van der Waals surface area contributed by atoms with E-state index < -0.39 is 0 Å². The largest absolute Gasteiger partial charge is 0.409 e. The van der Waals surface area contributed by atoms with Crippen LogP contribution in [0.4, 0.5) is 0 Å². The highest BCUT2D eigenvalue weighted by Crippen LogP contribution is 2.35. The van der Waals surface area contributed by atoms with Gasteiger partial charge >= 0.3 is 0 Å². The summed E-state index contributed by atoms with van der Waals surface area (Å²) >= 11 is 0. The molecule has 4 atom stereocenters. The van der Waals surface area contributed by atoms with Gasteiger partial charge in [0.2, 0.25) is 0 Å². The van der Waals surface area contributed by atoms with E-state index >= 15 is 0 Å². The fourth-order valence-corrected chi connectivity index (χ4v) is 3.28. The average molecular weight is 275 g/mol. The van der Waals surface area contributed by atoms with Crippen molar-refractivity contribution >= 4 is 5.84 Å². The zero-order valence-electron chi connectivity index (χ0n) is 11.4. The Morgan fingerprint density at radius 2 is 2.20 bits per heavy atom. The highest BCUT2D eigenvalue weighted by molar-refractivity contribution is 5.80. The Hall–Kier alpha value is -1.59. The summed E-state index contributed by atoms with van der Waals surface area (Å²) in [6.45, 7) is 0. The maximum absolute atomic E-state index is 8.81. The van der Waals surface area contributed by atoms with Crippen molar-refractivity contribution in [2.75, 3.05) is 0 Å². The fourth-order valence-electron chi connectivity index (χ4n) is 3.28. The monoisotopic (exact) mass is 275 g/mol. The molecule has 4 N–H and O–H groups in total. The molecule has 2 aliphatic heterocycles. The van der Waals surface area contributed by atoms with Gasteiger partial charge in [0.1, 0.15) is 5.84 Å². The van der Waals surface area contributed by atoms with Crippen molar-refractivity contribution < 1.29 is 9.94 Å². The molecule has 5 nitrogen and oxygen atoms in total. The van der Waals surface area contributed by atoms with Crippen LogP contribution >= 0.6 is 0 Å². The van der Waals surface area contributed by atoms with Gasteiger partial charge in [0.05, 0.1) is 12.2 Å². The van der Waals surface area contributed by atoms with Gasteiger partial charge in [-0.1, -0.05) is 35.5 Å². The third kappa shape index (κ3) is 2.78. The van der Waals surface area contributed by atoms with Gasteiger partial charge in [-0.15, -0.1) is 0 Å². The zero-order valence-corrected chi connectivity index (χ0v) is 11.4. The lowest BCUT2D eigenvalue weighted by Crippen LogP contribution is -2.41. The van der Waals surface area contributed by atoms with E-state index in [4.69, 9.17) is 15.7 Å². The molecule has 4 unspecified atom stereocenters. The molecule has 2 aliphatic rings. The smallest absolute Gasteiger partial charge is 0.141 e. The van der Waals surface area contributed by atoms with Crippen molar-refractivity contribution in [2.24, 2.45) is 10.9 Å². The highest BCUT2D eigenvalue weighted by Gasteiger charge is 2.41. The minimum atomic E-state index is 0.0556. The number of oxime groups is 1. The summed E-state index contributed by atoms with van der Waals surface area (Å²) in [5, 5.41) is 15.5. The second-order valence-electron chi connectivity index (χ2n) is 5.64. The number of fused-ring (bicyclic) bond motifs is 2. The Balaban J connectivity index is 1.72. The molecule has 0 saturated carbocycles. The molecule has 0 aliphatic carbocycles. The molecule has 2 saturated heterocycles. The van der Waals surface area contributed by atoms with Gasteiger partial charge in [-0.3, -0.25) is 0 Å². The summed E-state index contributed by atoms with van der Waals surface area (Å²) in [4.78, 5) is 0. The van der Waals surface area contributed by atoms with Crippen LogP contribution in [0.2, 0.25) is 0 Å². The molecule has 2 bridgehead atoms. The van der Waals surface area contributed by atoms with Gasteiger partial charge in [0, 0.05) is 18.5 Å². The summed E-state index contributed by atoms with van der Waals surface area (Å²) in [6.07, 6.45) is 4.60. The Kier molecular flexibility index (Phi) is 3.89. The van der Waals surface area contributed by atoms with E-state index in [1.54, 1.807) is 0 Å². The third-order valence-electron chi connectivity index (χ3n) is 4.26. The molecule has 3 rings (SSSR count). The SMILES string of the molecule is N/C(CC(NC1CC2CCC1O2)c1ccccc1)=N/O. The first-order chi connectivity index (χ1) is 9.76. The number of nitrogens with zero attached hydrogens (tertiary/aromatic N) is 1. The van der Waals surface area contributed by atoms with E-state index in [0.29, 0.717) is 24.7 Å². The number of amidine groups is 1. The zero-order chi connectivity index (χ0) is 13.9. The second-order valence-corrected chi connectivity index (χ2v) is 5.64. The van der Waals surface area contributed by atoms with E-state index in [0.717, 1.165) is 18.4 Å². The summed E-state index contributed by atoms with van der Waals surface area (Å²) in [5.41, 5.74) is 6.84. The molecular weight excluding hydrogens is 254 g/mol. The van der Waals surface area contributed by atoms with Gasteiger partial charge in [-0.05, 0) is 24.8 Å². The van der Waals surface area contributed by atoms with E-state index in [-0.39, 0.29) is 11.9 Å². The topological polar surface area (TPSA) is 79.9 Å². The van der Waals surface area contributed by atoms with E-state index in [1.807, 2.05) is 18.2 Å². The van der Waals surface area contributed by atoms with Crippen LogP contribution in [0.25, 0.3) is 0 Å². The van der Waals surface area contributed by atoms with E-state index in [1.165, 1.54) is 6.42 Å². The lowest BCUT2D eigenvalue weighted by molar-refractivity contribution is 0.0960. The summed E-state index contributed by atoms with van der Waals surface area (Å²) in [6, 6.07) is 10.6. The highest BCUT2D eigenvalue weighted by atomic mass is 16.5. The second kappa shape index (κ2) is 5.81. The van der Waals surface area contributed by atoms with Crippen LogP contribution in [0.1, 0.15) is 37.3 Å². The Bertz CT molecular complexity index is 477. The first-order valence-corrected chi connectivity index (χ1v) is 7.19. The minimum absolute atomic E-state index is 0.0556. The predicted octanol–water partition coefficient (Wildman–Crippen LogP) is 1.77. The summed E-state index contributed by atoms with van der Waals surface area (Å²) < 4.78 is 5.88. The predicted molar refractivity (Wildman–Crippen MR) is 76.6 cm³/mol. The molecule has 20 heavy (non-hydrogen) atoms. The number of hydrogen-bond donors (Lipinski definition) is 3. The number of nitrogens with one attached hydrogen (secondary N) is 1. The van der Waals surface area contributed by atoms with Crippen molar-refractivity contribution in [2.45, 2.75) is 50.0 Å². The minimum Gasteiger partial charge on any atom is -0.409 e. The van der Waals surface area contributed by atoms with Gasteiger partial charge in [0.15, 0.2) is 0 Å². The number of rotatable bonds is 5. The molecule has 0 spiro atoms. The molecule has 2 heterocycles. The normalized spacial score (nSPS) is 30.6. The maximum atomic E-state index is 8.81. The van der Waals surface area contributed by atoms with Crippen molar-refractivity contribution in [3.05, 3.63) is 35.9 Å². The Morgan fingerprint density at radius 1 is 1.40 bits per heavy atom. The van der Waals surface area contributed by atoms with Crippen LogP contribution in [0, 0.1) is 0 Å². The Labute approximate surface area is 118 Å². The van der Waals surface area contributed by atoms with Crippen molar-refractivity contribution in [3.8, 4) is 0 Å². The summed E-state index contributed by atoms with van der Waals surface area (Å²) in [7, 11) is 0. The van der Waals surface area contributed by atoms with Crippen molar-refractivity contribution in [1.29, 1.82) is 0 Å². The number of benzene rings is 1. The van der Waals surface area contributed by atoms with Gasteiger partial charge in [-0.2, -0.15) is 0 Å².